The largest absolute Gasteiger partial charge is 0.495 e. The Hall–Kier alpha value is -1.89. The highest BCUT2D eigenvalue weighted by Gasteiger charge is 2.20. The summed E-state index contributed by atoms with van der Waals surface area (Å²) in [5, 5.41) is 4.17. The lowest BCUT2D eigenvalue weighted by Crippen LogP contribution is -2.49. The first-order chi connectivity index (χ1) is 13.0. The summed E-state index contributed by atoms with van der Waals surface area (Å²) in [7, 11) is 1.65. The number of thiocarbonyl (C=S) groups is 1. The van der Waals surface area contributed by atoms with Crippen LogP contribution in [-0.2, 0) is 6.54 Å². The molecule has 0 spiro atoms. The minimum absolute atomic E-state index is 0.170. The summed E-state index contributed by atoms with van der Waals surface area (Å²) in [6.07, 6.45) is 0. The van der Waals surface area contributed by atoms with Gasteiger partial charge in [0, 0.05) is 32.7 Å². The maximum absolute atomic E-state index is 13.3. The molecule has 1 heterocycles. The summed E-state index contributed by atoms with van der Waals surface area (Å²) >= 11 is 11.5. The summed E-state index contributed by atoms with van der Waals surface area (Å²) in [5.74, 6) is 0.392. The van der Waals surface area contributed by atoms with Crippen molar-refractivity contribution in [3.8, 4) is 5.75 Å². The van der Waals surface area contributed by atoms with E-state index in [0.29, 0.717) is 5.11 Å². The molecule has 0 amide bonds. The van der Waals surface area contributed by atoms with Crippen LogP contribution in [0.5, 0.6) is 5.75 Å². The molecule has 2 aromatic carbocycles. The molecule has 1 aliphatic heterocycles. The normalized spacial score (nSPS) is 14.9. The molecule has 0 saturated carbocycles. The molecule has 27 heavy (non-hydrogen) atoms. The van der Waals surface area contributed by atoms with Crippen LogP contribution in [0.3, 0.4) is 0 Å². The molecular weight excluding hydrogens is 385 g/mol. The Morgan fingerprint density at radius 3 is 2.59 bits per heavy atom. The number of piperazine rings is 1. The third kappa shape index (κ3) is 5.09. The first-order valence-corrected chi connectivity index (χ1v) is 9.62. The zero-order valence-corrected chi connectivity index (χ0v) is 17.0. The number of ether oxygens (including phenoxy) is 1. The van der Waals surface area contributed by atoms with Crippen LogP contribution in [0.1, 0.15) is 11.1 Å². The zero-order valence-electron chi connectivity index (χ0n) is 15.5. The third-order valence-corrected chi connectivity index (χ3v) is 5.30. The number of anilines is 1. The topological polar surface area (TPSA) is 27.7 Å². The Bertz CT molecular complexity index is 825. The predicted molar refractivity (Wildman–Crippen MR) is 112 cm³/mol. The van der Waals surface area contributed by atoms with Gasteiger partial charge in [0.1, 0.15) is 11.6 Å². The molecule has 4 nitrogen and oxygen atoms in total. The Labute approximate surface area is 169 Å². The van der Waals surface area contributed by atoms with Crippen LogP contribution >= 0.6 is 23.8 Å². The van der Waals surface area contributed by atoms with Gasteiger partial charge in [0.15, 0.2) is 5.11 Å². The van der Waals surface area contributed by atoms with E-state index in [0.717, 1.165) is 55.3 Å². The van der Waals surface area contributed by atoms with Crippen molar-refractivity contribution in [2.45, 2.75) is 13.5 Å². The number of nitrogens with one attached hydrogen (secondary N) is 1. The molecule has 0 bridgehead atoms. The van der Waals surface area contributed by atoms with Gasteiger partial charge in [0.2, 0.25) is 0 Å². The molecule has 1 fully saturated rings. The second kappa shape index (κ2) is 8.87. The van der Waals surface area contributed by atoms with Crippen LogP contribution in [0.15, 0.2) is 36.4 Å². The lowest BCUT2D eigenvalue weighted by molar-refractivity contribution is 0.177. The van der Waals surface area contributed by atoms with E-state index >= 15 is 0 Å². The van der Waals surface area contributed by atoms with E-state index in [4.69, 9.17) is 28.6 Å². The molecule has 0 aromatic heterocycles. The van der Waals surface area contributed by atoms with Crippen LogP contribution in [0.2, 0.25) is 5.02 Å². The van der Waals surface area contributed by atoms with E-state index in [1.165, 1.54) is 6.07 Å². The fraction of sp³-hybridized carbons (Fsp3) is 0.350. The zero-order chi connectivity index (χ0) is 19.4. The number of benzene rings is 2. The molecule has 0 aliphatic carbocycles. The van der Waals surface area contributed by atoms with Gasteiger partial charge in [-0.25, -0.2) is 4.39 Å². The maximum atomic E-state index is 13.3. The molecule has 144 valence electrons. The number of halogens is 2. The van der Waals surface area contributed by atoms with Crippen LogP contribution in [0, 0.1) is 12.7 Å². The second-order valence-corrected chi connectivity index (χ2v) is 7.44. The van der Waals surface area contributed by atoms with Gasteiger partial charge >= 0.3 is 0 Å². The average molecular weight is 408 g/mol. The van der Waals surface area contributed by atoms with E-state index in [1.54, 1.807) is 19.2 Å². The SMILES string of the molecule is COc1ccc(C)cc1NC(=S)N1CCN(Cc2ccc(F)c(Cl)c2)CC1. The summed E-state index contributed by atoms with van der Waals surface area (Å²) < 4.78 is 18.7. The number of nitrogens with zero attached hydrogens (tertiary/aromatic N) is 2. The Balaban J connectivity index is 1.55. The molecule has 1 saturated heterocycles. The van der Waals surface area contributed by atoms with Crippen LogP contribution in [0.25, 0.3) is 0 Å². The molecule has 0 radical (unpaired) electrons. The monoisotopic (exact) mass is 407 g/mol. The number of rotatable bonds is 4. The van der Waals surface area contributed by atoms with E-state index in [1.807, 2.05) is 25.1 Å². The molecule has 0 atom stereocenters. The summed E-state index contributed by atoms with van der Waals surface area (Å²) in [6.45, 7) is 6.20. The summed E-state index contributed by atoms with van der Waals surface area (Å²) in [4.78, 5) is 4.47. The van der Waals surface area contributed by atoms with E-state index in [9.17, 15) is 4.39 Å². The first kappa shape index (κ1) is 19.9. The van der Waals surface area contributed by atoms with Crippen molar-refractivity contribution < 1.29 is 9.13 Å². The molecule has 0 unspecified atom stereocenters. The Morgan fingerprint density at radius 2 is 1.93 bits per heavy atom. The molecular formula is C20H23ClFN3OS. The Kier molecular flexibility index (Phi) is 6.52. The van der Waals surface area contributed by atoms with Crippen molar-refractivity contribution in [3.05, 3.63) is 58.4 Å². The maximum Gasteiger partial charge on any atom is 0.173 e. The van der Waals surface area contributed by atoms with Gasteiger partial charge in [-0.3, -0.25) is 4.90 Å². The van der Waals surface area contributed by atoms with Gasteiger partial charge in [0.25, 0.3) is 0 Å². The van der Waals surface area contributed by atoms with Crippen molar-refractivity contribution in [2.24, 2.45) is 0 Å². The summed E-state index contributed by atoms with van der Waals surface area (Å²) in [5.41, 5.74) is 3.04. The number of hydrogen-bond acceptors (Lipinski definition) is 3. The van der Waals surface area contributed by atoms with Crippen molar-refractivity contribution in [3.63, 3.8) is 0 Å². The lowest BCUT2D eigenvalue weighted by atomic mass is 10.2. The van der Waals surface area contributed by atoms with Gasteiger partial charge in [0.05, 0.1) is 17.8 Å². The smallest absolute Gasteiger partial charge is 0.173 e. The van der Waals surface area contributed by atoms with Gasteiger partial charge in [-0.1, -0.05) is 23.7 Å². The van der Waals surface area contributed by atoms with E-state index < -0.39 is 0 Å². The third-order valence-electron chi connectivity index (χ3n) is 4.65. The number of hydrogen-bond donors (Lipinski definition) is 1. The molecule has 1 aliphatic rings. The highest BCUT2D eigenvalue weighted by molar-refractivity contribution is 7.80. The highest BCUT2D eigenvalue weighted by Crippen LogP contribution is 2.26. The van der Waals surface area contributed by atoms with Crippen LogP contribution in [0.4, 0.5) is 10.1 Å². The van der Waals surface area contributed by atoms with Crippen molar-refractivity contribution in [1.29, 1.82) is 0 Å². The van der Waals surface area contributed by atoms with Crippen LogP contribution < -0.4 is 10.1 Å². The van der Waals surface area contributed by atoms with Crippen molar-refractivity contribution in [1.82, 2.24) is 9.80 Å². The van der Waals surface area contributed by atoms with Gasteiger partial charge in [-0.2, -0.15) is 0 Å². The molecule has 7 heteroatoms. The summed E-state index contributed by atoms with van der Waals surface area (Å²) in [6, 6.07) is 10.9. The van der Waals surface area contributed by atoms with Crippen molar-refractivity contribution >= 4 is 34.6 Å². The quantitative estimate of drug-likeness (QED) is 0.762. The molecule has 1 N–H and O–H groups in total. The minimum Gasteiger partial charge on any atom is -0.495 e. The van der Waals surface area contributed by atoms with Crippen molar-refractivity contribution in [2.75, 3.05) is 38.6 Å². The minimum atomic E-state index is -0.381. The fourth-order valence-corrected chi connectivity index (χ4v) is 3.61. The van der Waals surface area contributed by atoms with Gasteiger partial charge < -0.3 is 15.0 Å². The average Bonchev–Trinajstić information content (AvgIpc) is 2.65. The lowest BCUT2D eigenvalue weighted by Gasteiger charge is -2.36. The molecule has 2 aromatic rings. The highest BCUT2D eigenvalue weighted by atomic mass is 35.5. The first-order valence-electron chi connectivity index (χ1n) is 8.83. The second-order valence-electron chi connectivity index (χ2n) is 6.65. The fourth-order valence-electron chi connectivity index (χ4n) is 3.12. The van der Waals surface area contributed by atoms with Gasteiger partial charge in [-0.15, -0.1) is 0 Å². The Morgan fingerprint density at radius 1 is 1.19 bits per heavy atom. The van der Waals surface area contributed by atoms with E-state index in [2.05, 4.69) is 15.1 Å². The predicted octanol–water partition coefficient (Wildman–Crippen LogP) is 4.31. The number of methoxy groups -OCH3 is 1. The van der Waals surface area contributed by atoms with Crippen LogP contribution in [-0.4, -0.2) is 48.2 Å². The number of aryl methyl sites for hydroxylation is 1. The molecule has 3 rings (SSSR count). The standard InChI is InChI=1S/C20H23ClFN3OS/c1-14-3-6-19(26-2)18(11-14)23-20(27)25-9-7-24(8-10-25)13-15-4-5-17(22)16(21)12-15/h3-6,11-12H,7-10,13H2,1-2H3,(H,23,27). The van der Waals surface area contributed by atoms with E-state index in [-0.39, 0.29) is 10.8 Å². The van der Waals surface area contributed by atoms with Gasteiger partial charge in [-0.05, 0) is 54.5 Å².